The molecule has 0 saturated carbocycles. The van der Waals surface area contributed by atoms with Crippen LogP contribution in [-0.4, -0.2) is 11.2 Å². The number of terminal acetylenes is 1. The van der Waals surface area contributed by atoms with Gasteiger partial charge in [0.25, 0.3) is 0 Å². The van der Waals surface area contributed by atoms with Crippen molar-refractivity contribution in [2.24, 2.45) is 0 Å². The summed E-state index contributed by atoms with van der Waals surface area (Å²) < 4.78 is 0. The van der Waals surface area contributed by atoms with Crippen molar-refractivity contribution in [2.45, 2.75) is 25.9 Å². The Labute approximate surface area is 56.4 Å². The summed E-state index contributed by atoms with van der Waals surface area (Å²) in [4.78, 5) is 0. The van der Waals surface area contributed by atoms with E-state index in [4.69, 9.17) is 11.5 Å². The first-order chi connectivity index (χ1) is 4.18. The van der Waals surface area contributed by atoms with Gasteiger partial charge in [-0.15, -0.1) is 12.3 Å². The molecule has 0 aliphatic carbocycles. The maximum absolute atomic E-state index is 9.06. The van der Waals surface area contributed by atoms with Gasteiger partial charge in [0.15, 0.2) is 0 Å². The molecule has 50 valence electrons. The fraction of sp³-hybridized carbons (Fsp3) is 0.500. The van der Waals surface area contributed by atoms with Crippen molar-refractivity contribution in [1.82, 2.24) is 0 Å². The maximum atomic E-state index is 9.06. The lowest BCUT2D eigenvalue weighted by atomic mass is 10.1. The molecule has 0 rings (SSSR count). The molecule has 1 atom stereocenters. The highest BCUT2D eigenvalue weighted by atomic mass is 16.3. The molecule has 0 spiro atoms. The van der Waals surface area contributed by atoms with Gasteiger partial charge < -0.3 is 5.11 Å². The molecule has 0 fully saturated rings. The summed E-state index contributed by atoms with van der Waals surface area (Å²) in [5.74, 6) is 2.45. The van der Waals surface area contributed by atoms with Crippen molar-refractivity contribution in [3.05, 3.63) is 12.2 Å². The minimum atomic E-state index is -0.416. The molecule has 0 saturated heterocycles. The number of hydrogen-bond donors (Lipinski definition) is 1. The average Bonchev–Trinajstić information content (AvgIpc) is 1.82. The van der Waals surface area contributed by atoms with Crippen molar-refractivity contribution in [1.29, 1.82) is 0 Å². The van der Waals surface area contributed by atoms with Crippen LogP contribution in [0.5, 0.6) is 0 Å². The normalized spacial score (nSPS) is 12.1. The summed E-state index contributed by atoms with van der Waals surface area (Å²) in [7, 11) is 0. The van der Waals surface area contributed by atoms with Crippen LogP contribution in [0.3, 0.4) is 0 Å². The van der Waals surface area contributed by atoms with Gasteiger partial charge in [-0.2, -0.15) is 0 Å². The molecule has 0 aliphatic rings. The number of aliphatic hydroxyl groups is 1. The second-order valence-electron chi connectivity index (χ2n) is 2.10. The van der Waals surface area contributed by atoms with Gasteiger partial charge in [-0.25, -0.2) is 0 Å². The van der Waals surface area contributed by atoms with E-state index in [0.717, 1.165) is 5.57 Å². The molecule has 0 aromatic heterocycles. The Balaban J connectivity index is 3.41. The lowest BCUT2D eigenvalue weighted by Gasteiger charge is -2.05. The smallest absolute Gasteiger partial charge is 0.0753 e. The van der Waals surface area contributed by atoms with Crippen molar-refractivity contribution < 1.29 is 5.11 Å². The van der Waals surface area contributed by atoms with Crippen molar-refractivity contribution in [2.75, 3.05) is 0 Å². The van der Waals surface area contributed by atoms with Crippen molar-refractivity contribution in [3.8, 4) is 12.3 Å². The topological polar surface area (TPSA) is 20.2 Å². The van der Waals surface area contributed by atoms with Crippen LogP contribution < -0.4 is 0 Å². The van der Waals surface area contributed by atoms with Gasteiger partial charge in [-0.05, 0) is 13.3 Å². The minimum absolute atomic E-state index is 0.416. The Morgan fingerprint density at radius 2 is 2.44 bits per heavy atom. The van der Waals surface area contributed by atoms with Crippen LogP contribution >= 0.6 is 0 Å². The highest BCUT2D eigenvalue weighted by Gasteiger charge is 2.00. The Hall–Kier alpha value is -0.740. The van der Waals surface area contributed by atoms with E-state index in [1.54, 1.807) is 6.92 Å². The summed E-state index contributed by atoms with van der Waals surface area (Å²) in [6.45, 7) is 5.38. The van der Waals surface area contributed by atoms with E-state index in [1.807, 2.05) is 0 Å². The first kappa shape index (κ1) is 8.26. The second-order valence-corrected chi connectivity index (χ2v) is 2.10. The summed E-state index contributed by atoms with van der Waals surface area (Å²) in [5.41, 5.74) is 0.783. The predicted octanol–water partition coefficient (Wildman–Crippen LogP) is 1.34. The molecule has 0 aromatic carbocycles. The molecule has 0 heterocycles. The van der Waals surface area contributed by atoms with Crippen LogP contribution in [0.4, 0.5) is 0 Å². The molecule has 1 heteroatoms. The third kappa shape index (κ3) is 3.81. The zero-order valence-corrected chi connectivity index (χ0v) is 5.72. The summed E-state index contributed by atoms with van der Waals surface area (Å²) >= 11 is 0. The van der Waals surface area contributed by atoms with Gasteiger partial charge >= 0.3 is 0 Å². The molecule has 0 aromatic rings. The Bertz CT molecular complexity index is 130. The summed E-state index contributed by atoms with van der Waals surface area (Å²) in [6.07, 6.45) is 5.82. The quantitative estimate of drug-likeness (QED) is 0.444. The largest absolute Gasteiger partial charge is 0.389 e. The molecule has 0 bridgehead atoms. The second kappa shape index (κ2) is 4.17. The van der Waals surface area contributed by atoms with Crippen LogP contribution in [0.25, 0.3) is 0 Å². The van der Waals surface area contributed by atoms with Crippen LogP contribution in [0, 0.1) is 12.3 Å². The van der Waals surface area contributed by atoms with E-state index < -0.39 is 6.10 Å². The fourth-order valence-electron chi connectivity index (χ4n) is 0.466. The average molecular weight is 124 g/mol. The standard InChI is InChI=1S/C8H12O/c1-4-5-6-8(9)7(2)3/h1,8-9H,2,5-6H2,3H3. The van der Waals surface area contributed by atoms with Crippen LogP contribution in [0.15, 0.2) is 12.2 Å². The van der Waals surface area contributed by atoms with E-state index in [2.05, 4.69) is 12.5 Å². The zero-order valence-electron chi connectivity index (χ0n) is 5.72. The SMILES string of the molecule is C#CCCC(O)C(=C)C. The Kier molecular flexibility index (Phi) is 3.83. The van der Waals surface area contributed by atoms with Crippen molar-refractivity contribution >= 4 is 0 Å². The lowest BCUT2D eigenvalue weighted by molar-refractivity contribution is 0.203. The van der Waals surface area contributed by atoms with E-state index in [0.29, 0.717) is 12.8 Å². The molecule has 9 heavy (non-hydrogen) atoms. The highest BCUT2D eigenvalue weighted by Crippen LogP contribution is 2.03. The first-order valence-corrected chi connectivity index (χ1v) is 2.95. The molecule has 1 N–H and O–H groups in total. The van der Waals surface area contributed by atoms with Crippen LogP contribution in [0.1, 0.15) is 19.8 Å². The fourth-order valence-corrected chi connectivity index (χ4v) is 0.466. The molecule has 0 aliphatic heterocycles. The summed E-state index contributed by atoms with van der Waals surface area (Å²) in [5, 5.41) is 9.06. The zero-order chi connectivity index (χ0) is 7.28. The highest BCUT2D eigenvalue weighted by molar-refractivity contribution is 4.98. The van der Waals surface area contributed by atoms with E-state index in [1.165, 1.54) is 0 Å². The minimum Gasteiger partial charge on any atom is -0.389 e. The maximum Gasteiger partial charge on any atom is 0.0753 e. The third-order valence-electron chi connectivity index (χ3n) is 1.13. The van der Waals surface area contributed by atoms with E-state index >= 15 is 0 Å². The summed E-state index contributed by atoms with van der Waals surface area (Å²) in [6, 6.07) is 0. The Morgan fingerprint density at radius 1 is 1.89 bits per heavy atom. The third-order valence-corrected chi connectivity index (χ3v) is 1.13. The van der Waals surface area contributed by atoms with E-state index in [9.17, 15) is 0 Å². The van der Waals surface area contributed by atoms with Gasteiger partial charge in [0, 0.05) is 6.42 Å². The first-order valence-electron chi connectivity index (χ1n) is 2.95. The van der Waals surface area contributed by atoms with E-state index in [-0.39, 0.29) is 0 Å². The van der Waals surface area contributed by atoms with Crippen LogP contribution in [-0.2, 0) is 0 Å². The molecule has 1 nitrogen and oxygen atoms in total. The molecule has 0 amide bonds. The predicted molar refractivity (Wildman–Crippen MR) is 38.9 cm³/mol. The monoisotopic (exact) mass is 124 g/mol. The van der Waals surface area contributed by atoms with Gasteiger partial charge in [-0.3, -0.25) is 0 Å². The molecular weight excluding hydrogens is 112 g/mol. The number of hydrogen-bond acceptors (Lipinski definition) is 1. The van der Waals surface area contributed by atoms with Crippen LogP contribution in [0.2, 0.25) is 0 Å². The van der Waals surface area contributed by atoms with Gasteiger partial charge in [0.05, 0.1) is 6.10 Å². The molecule has 1 unspecified atom stereocenters. The Morgan fingerprint density at radius 3 is 2.78 bits per heavy atom. The number of rotatable bonds is 3. The van der Waals surface area contributed by atoms with Gasteiger partial charge in [0.2, 0.25) is 0 Å². The van der Waals surface area contributed by atoms with Crippen molar-refractivity contribution in [3.63, 3.8) is 0 Å². The number of aliphatic hydroxyl groups excluding tert-OH is 1. The molecule has 0 radical (unpaired) electrons. The molecular formula is C8H12O. The van der Waals surface area contributed by atoms with Gasteiger partial charge in [0.1, 0.15) is 0 Å². The van der Waals surface area contributed by atoms with Gasteiger partial charge in [-0.1, -0.05) is 12.2 Å². The lowest BCUT2D eigenvalue weighted by Crippen LogP contribution is -2.05.